The summed E-state index contributed by atoms with van der Waals surface area (Å²) in [6.07, 6.45) is 0. The Morgan fingerprint density at radius 3 is 2.47 bits per heavy atom. The van der Waals surface area contributed by atoms with Gasteiger partial charge in [0.15, 0.2) is 17.5 Å². The predicted octanol–water partition coefficient (Wildman–Crippen LogP) is 3.65. The summed E-state index contributed by atoms with van der Waals surface area (Å²) in [7, 11) is 0. The van der Waals surface area contributed by atoms with Crippen LogP contribution in [0.5, 0.6) is 0 Å². The molecule has 3 heteroatoms. The Morgan fingerprint density at radius 2 is 1.74 bits per heavy atom. The van der Waals surface area contributed by atoms with Crippen LogP contribution < -0.4 is 4.00 Å². The molecule has 1 radical (unpaired) electrons. The molecule has 2 aromatic carbocycles. The number of nitrogens with zero attached hydrogens (tertiary/aromatic N) is 1. The summed E-state index contributed by atoms with van der Waals surface area (Å²) >= 11 is 6.79. The number of halogens is 1. The Bertz CT molecular complexity index is 550. The lowest BCUT2D eigenvalue weighted by molar-refractivity contribution is 0.0758. The van der Waals surface area contributed by atoms with E-state index in [1.165, 1.54) is 0 Å². The smallest absolute Gasteiger partial charge is 0.171 e. The highest BCUT2D eigenvalue weighted by atomic mass is 35.5. The van der Waals surface area contributed by atoms with Crippen molar-refractivity contribution in [2.24, 2.45) is 0 Å². The average Bonchev–Trinajstić information content (AvgIpc) is 2.49. The first-order chi connectivity index (χ1) is 9.30. The molecule has 2 nitrogen and oxygen atoms in total. The second kappa shape index (κ2) is 5.33. The molecular weight excluding hydrogens is 258 g/mol. The van der Waals surface area contributed by atoms with Gasteiger partial charge >= 0.3 is 0 Å². The van der Waals surface area contributed by atoms with E-state index in [4.69, 9.17) is 16.5 Å². The van der Waals surface area contributed by atoms with Gasteiger partial charge in [0, 0.05) is 6.07 Å². The molecule has 1 heterocycles. The fourth-order valence-corrected chi connectivity index (χ4v) is 2.75. The Balaban J connectivity index is 2.07. The molecule has 0 aromatic heterocycles. The molecule has 97 valence electrons. The molecule has 19 heavy (non-hydrogen) atoms. The molecule has 1 fully saturated rings. The van der Waals surface area contributed by atoms with E-state index in [2.05, 4.69) is 24.3 Å². The molecule has 2 aromatic rings. The van der Waals surface area contributed by atoms with Gasteiger partial charge in [-0.25, -0.2) is 0 Å². The van der Waals surface area contributed by atoms with Crippen molar-refractivity contribution in [3.63, 3.8) is 0 Å². The number of benzene rings is 2. The van der Waals surface area contributed by atoms with Crippen molar-refractivity contribution in [3.05, 3.63) is 54.6 Å². The third kappa shape index (κ3) is 2.52. The molecule has 0 unspecified atom stereocenters. The number of hydrogen-bond acceptors (Lipinski definition) is 1. The van der Waals surface area contributed by atoms with E-state index in [0.717, 1.165) is 29.9 Å². The van der Waals surface area contributed by atoms with E-state index in [0.29, 0.717) is 17.2 Å². The number of morpholine rings is 1. The van der Waals surface area contributed by atoms with Crippen LogP contribution in [0.15, 0.2) is 48.5 Å². The highest BCUT2D eigenvalue weighted by molar-refractivity contribution is 6.22. The van der Waals surface area contributed by atoms with E-state index in [9.17, 15) is 0 Å². The molecule has 0 spiro atoms. The molecular formula is C16H16ClNO+. The van der Waals surface area contributed by atoms with Gasteiger partial charge in [-0.15, -0.1) is 0 Å². The SMILES string of the molecule is Cl[N+]1(c2ccc[c]c2-c2ccccc2)CCOCC1. The van der Waals surface area contributed by atoms with Crippen LogP contribution in [0.4, 0.5) is 5.69 Å². The van der Waals surface area contributed by atoms with Gasteiger partial charge in [0.05, 0.1) is 18.8 Å². The number of rotatable bonds is 2. The molecule has 0 N–H and O–H groups in total. The van der Waals surface area contributed by atoms with E-state index in [1.807, 2.05) is 30.3 Å². The van der Waals surface area contributed by atoms with Gasteiger partial charge in [-0.2, -0.15) is 4.00 Å². The fourth-order valence-electron chi connectivity index (χ4n) is 2.47. The van der Waals surface area contributed by atoms with Crippen LogP contribution in [0.2, 0.25) is 0 Å². The standard InChI is InChI=1S/C16H16ClNO/c17-18(10-12-19-13-11-18)16-9-5-4-8-15(16)14-6-2-1-3-7-14/h1-7,9H,10-13H2/q+1. The normalized spacial score (nSPS) is 18.2. The van der Waals surface area contributed by atoms with Crippen LogP contribution in [0.1, 0.15) is 0 Å². The zero-order valence-corrected chi connectivity index (χ0v) is 11.4. The van der Waals surface area contributed by atoms with E-state index in [-0.39, 0.29) is 0 Å². The van der Waals surface area contributed by atoms with Crippen molar-refractivity contribution >= 4 is 17.5 Å². The summed E-state index contributed by atoms with van der Waals surface area (Å²) < 4.78 is 5.83. The molecule has 3 rings (SSSR count). The monoisotopic (exact) mass is 273 g/mol. The summed E-state index contributed by atoms with van der Waals surface area (Å²) in [5, 5.41) is 0. The largest absolute Gasteiger partial charge is 0.370 e. The third-order valence-electron chi connectivity index (χ3n) is 3.51. The molecule has 0 aliphatic carbocycles. The van der Waals surface area contributed by atoms with Crippen LogP contribution in [0.3, 0.4) is 0 Å². The minimum Gasteiger partial charge on any atom is -0.370 e. The van der Waals surface area contributed by atoms with Crippen LogP contribution in [-0.4, -0.2) is 26.3 Å². The van der Waals surface area contributed by atoms with Crippen LogP contribution >= 0.6 is 11.8 Å². The molecule has 1 saturated heterocycles. The van der Waals surface area contributed by atoms with Gasteiger partial charge in [-0.3, -0.25) is 0 Å². The Labute approximate surface area is 118 Å². The summed E-state index contributed by atoms with van der Waals surface area (Å²) in [6.45, 7) is 2.98. The number of quaternary nitrogens is 1. The van der Waals surface area contributed by atoms with Crippen molar-refractivity contribution in [3.8, 4) is 11.1 Å². The summed E-state index contributed by atoms with van der Waals surface area (Å²) in [4.78, 5) is 0. The van der Waals surface area contributed by atoms with Crippen molar-refractivity contribution in [1.82, 2.24) is 4.00 Å². The van der Waals surface area contributed by atoms with Crippen LogP contribution in [0, 0.1) is 6.07 Å². The maximum atomic E-state index is 6.79. The van der Waals surface area contributed by atoms with Gasteiger partial charge in [0.2, 0.25) is 0 Å². The fraction of sp³-hybridized carbons (Fsp3) is 0.250. The minimum absolute atomic E-state index is 0.404. The maximum Gasteiger partial charge on any atom is 0.171 e. The summed E-state index contributed by atoms with van der Waals surface area (Å²) in [5.41, 5.74) is 3.35. The van der Waals surface area contributed by atoms with Gasteiger partial charge in [0.1, 0.15) is 13.1 Å². The predicted molar refractivity (Wildman–Crippen MR) is 78.9 cm³/mol. The quantitative estimate of drug-likeness (QED) is 0.759. The molecule has 0 atom stereocenters. The number of ether oxygens (including phenoxy) is 1. The third-order valence-corrected chi connectivity index (χ3v) is 4.03. The van der Waals surface area contributed by atoms with Gasteiger partial charge in [0.25, 0.3) is 0 Å². The van der Waals surface area contributed by atoms with Crippen molar-refractivity contribution in [1.29, 1.82) is 0 Å². The first kappa shape index (κ1) is 12.7. The second-order valence-electron chi connectivity index (χ2n) is 4.72. The lowest BCUT2D eigenvalue weighted by atomic mass is 10.0. The van der Waals surface area contributed by atoms with Gasteiger partial charge < -0.3 is 4.74 Å². The van der Waals surface area contributed by atoms with E-state index >= 15 is 0 Å². The van der Waals surface area contributed by atoms with Crippen molar-refractivity contribution < 1.29 is 4.74 Å². The van der Waals surface area contributed by atoms with Gasteiger partial charge in [-0.1, -0.05) is 42.5 Å². The molecule has 1 aliphatic rings. The van der Waals surface area contributed by atoms with E-state index in [1.54, 1.807) is 0 Å². The first-order valence-electron chi connectivity index (χ1n) is 6.51. The van der Waals surface area contributed by atoms with Gasteiger partial charge in [-0.05, 0) is 11.6 Å². The zero-order chi connectivity index (χ0) is 13.1. The minimum atomic E-state index is 0.404. The summed E-state index contributed by atoms with van der Waals surface area (Å²) in [5.74, 6) is 0. The molecule has 1 aliphatic heterocycles. The van der Waals surface area contributed by atoms with Crippen molar-refractivity contribution in [2.45, 2.75) is 0 Å². The Morgan fingerprint density at radius 1 is 1.00 bits per heavy atom. The lowest BCUT2D eigenvalue weighted by Gasteiger charge is -2.33. The Kier molecular flexibility index (Phi) is 3.56. The topological polar surface area (TPSA) is 9.23 Å². The second-order valence-corrected chi connectivity index (χ2v) is 5.37. The summed E-state index contributed by atoms with van der Waals surface area (Å²) in [6, 6.07) is 19.7. The van der Waals surface area contributed by atoms with E-state index < -0.39 is 0 Å². The first-order valence-corrected chi connectivity index (χ1v) is 6.85. The molecule has 0 bridgehead atoms. The molecule has 0 saturated carbocycles. The van der Waals surface area contributed by atoms with Crippen molar-refractivity contribution in [2.75, 3.05) is 26.3 Å². The molecule has 0 amide bonds. The Hall–Kier alpha value is -1.35. The highest BCUT2D eigenvalue weighted by Crippen LogP contribution is 2.37. The van der Waals surface area contributed by atoms with Crippen LogP contribution in [-0.2, 0) is 4.74 Å². The zero-order valence-electron chi connectivity index (χ0n) is 10.7. The number of hydrogen-bond donors (Lipinski definition) is 0. The lowest BCUT2D eigenvalue weighted by Crippen LogP contribution is -2.48. The highest BCUT2D eigenvalue weighted by Gasteiger charge is 2.34. The van der Waals surface area contributed by atoms with Crippen LogP contribution in [0.25, 0.3) is 11.1 Å². The average molecular weight is 274 g/mol. The maximum absolute atomic E-state index is 6.79.